The van der Waals surface area contributed by atoms with Gasteiger partial charge in [-0.15, -0.1) is 0 Å². The Morgan fingerprint density at radius 1 is 1.40 bits per heavy atom. The molecule has 0 spiro atoms. The summed E-state index contributed by atoms with van der Waals surface area (Å²) in [5.74, 6) is -0.488. The quantitative estimate of drug-likeness (QED) is 0.854. The Bertz CT molecular complexity index is 635. The number of nitrogens with zero attached hydrogens (tertiary/aromatic N) is 1. The Hall–Kier alpha value is -2.05. The van der Waals surface area contributed by atoms with Crippen LogP contribution in [-0.2, 0) is 23.8 Å². The van der Waals surface area contributed by atoms with Gasteiger partial charge in [0.05, 0.1) is 6.61 Å². The number of carbonyl (C=O) groups excluding carboxylic acids is 1. The van der Waals surface area contributed by atoms with Crippen LogP contribution in [0.4, 0.5) is 13.2 Å². The smallest absolute Gasteiger partial charge is 0.434 e. The predicted octanol–water partition coefficient (Wildman–Crippen LogP) is 1.72. The van der Waals surface area contributed by atoms with Gasteiger partial charge in [-0.05, 0) is 12.0 Å². The number of alkyl halides is 3. The van der Waals surface area contributed by atoms with E-state index in [2.05, 4.69) is 10.3 Å². The fourth-order valence-electron chi connectivity index (χ4n) is 2.64. The summed E-state index contributed by atoms with van der Waals surface area (Å²) in [6, 6.07) is 0. The fraction of sp³-hybridized carbons (Fsp3) is 0.385. The first-order valence-corrected chi connectivity index (χ1v) is 6.12. The van der Waals surface area contributed by atoms with Crippen LogP contribution < -0.4 is 10.1 Å². The molecule has 3 rings (SSSR count). The van der Waals surface area contributed by atoms with Gasteiger partial charge in [-0.3, -0.25) is 4.79 Å². The van der Waals surface area contributed by atoms with Crippen molar-refractivity contribution in [2.45, 2.75) is 19.0 Å². The zero-order chi connectivity index (χ0) is 14.5. The molecule has 7 heteroatoms. The third-order valence-electron chi connectivity index (χ3n) is 3.49. The van der Waals surface area contributed by atoms with E-state index >= 15 is 0 Å². The second-order valence-corrected chi connectivity index (χ2v) is 4.59. The maximum Gasteiger partial charge on any atom is 0.434 e. The monoisotopic (exact) mass is 284 g/mol. The van der Waals surface area contributed by atoms with Gasteiger partial charge in [-0.1, -0.05) is 6.08 Å². The van der Waals surface area contributed by atoms with Crippen LogP contribution in [0.25, 0.3) is 5.57 Å². The summed E-state index contributed by atoms with van der Waals surface area (Å²) < 4.78 is 44.7. The highest BCUT2D eigenvalue weighted by molar-refractivity contribution is 6.21. The highest BCUT2D eigenvalue weighted by Crippen LogP contribution is 2.43. The van der Waals surface area contributed by atoms with E-state index in [1.807, 2.05) is 0 Å². The molecule has 0 atom stereocenters. The van der Waals surface area contributed by atoms with Crippen molar-refractivity contribution in [2.24, 2.45) is 0 Å². The van der Waals surface area contributed by atoms with E-state index in [1.165, 1.54) is 13.1 Å². The van der Waals surface area contributed by atoms with Gasteiger partial charge in [-0.2, -0.15) is 13.2 Å². The number of aromatic nitrogens is 1. The summed E-state index contributed by atoms with van der Waals surface area (Å²) in [5, 5.41) is 2.36. The largest absolute Gasteiger partial charge is 0.477 e. The van der Waals surface area contributed by atoms with Crippen molar-refractivity contribution in [2.75, 3.05) is 13.7 Å². The van der Waals surface area contributed by atoms with Crippen molar-refractivity contribution in [1.29, 1.82) is 0 Å². The minimum absolute atomic E-state index is 0.0389. The van der Waals surface area contributed by atoms with Crippen LogP contribution >= 0.6 is 0 Å². The van der Waals surface area contributed by atoms with E-state index < -0.39 is 17.8 Å². The number of likely N-dealkylation sites (N-methyl/N-ethyl adjacent to an activating group) is 1. The Balaban J connectivity index is 2.25. The number of hydrogen-bond acceptors (Lipinski definition) is 3. The fourth-order valence-corrected chi connectivity index (χ4v) is 2.64. The van der Waals surface area contributed by atoms with E-state index in [0.29, 0.717) is 30.6 Å². The molecule has 0 fully saturated rings. The average molecular weight is 284 g/mol. The van der Waals surface area contributed by atoms with Crippen LogP contribution in [-0.4, -0.2) is 24.5 Å². The number of carbonyl (C=O) groups is 1. The number of ether oxygens (including phenoxy) is 1. The molecule has 20 heavy (non-hydrogen) atoms. The molecule has 1 aliphatic heterocycles. The topological polar surface area (TPSA) is 51.2 Å². The number of nitrogens with one attached hydrogen (secondary N) is 1. The minimum atomic E-state index is -4.62. The van der Waals surface area contributed by atoms with Gasteiger partial charge in [0.1, 0.15) is 0 Å². The van der Waals surface area contributed by atoms with Gasteiger partial charge in [-0.25, -0.2) is 4.98 Å². The molecule has 106 valence electrons. The number of allylic oxidation sites excluding steroid dienone is 1. The maximum atomic E-state index is 13.2. The average Bonchev–Trinajstić information content (AvgIpc) is 3.01. The summed E-state index contributed by atoms with van der Waals surface area (Å²) in [4.78, 5) is 15.3. The molecule has 0 radical (unpaired) electrons. The molecule has 0 saturated heterocycles. The molecular formula is C13H11F3N2O2. The van der Waals surface area contributed by atoms with Crippen LogP contribution in [0.3, 0.4) is 0 Å². The van der Waals surface area contributed by atoms with E-state index in [4.69, 9.17) is 4.74 Å². The van der Waals surface area contributed by atoms with Crippen molar-refractivity contribution in [3.8, 4) is 5.88 Å². The van der Waals surface area contributed by atoms with Gasteiger partial charge in [0, 0.05) is 30.2 Å². The van der Waals surface area contributed by atoms with Crippen molar-refractivity contribution in [3.05, 3.63) is 28.5 Å². The number of rotatable bonds is 1. The molecule has 2 aliphatic rings. The molecule has 1 aliphatic carbocycles. The molecule has 1 aromatic rings. The molecule has 0 unspecified atom stereocenters. The third-order valence-corrected chi connectivity index (χ3v) is 3.49. The molecule has 0 aromatic carbocycles. The molecule has 4 nitrogen and oxygen atoms in total. The molecular weight excluding hydrogens is 273 g/mol. The predicted molar refractivity (Wildman–Crippen MR) is 64.2 cm³/mol. The summed E-state index contributed by atoms with van der Waals surface area (Å²) >= 11 is 0. The van der Waals surface area contributed by atoms with Crippen molar-refractivity contribution in [1.82, 2.24) is 10.3 Å². The van der Waals surface area contributed by atoms with Crippen LogP contribution in [0, 0.1) is 0 Å². The Morgan fingerprint density at radius 2 is 2.15 bits per heavy atom. The van der Waals surface area contributed by atoms with E-state index in [0.717, 1.165) is 0 Å². The van der Waals surface area contributed by atoms with Crippen LogP contribution in [0.2, 0.25) is 0 Å². The van der Waals surface area contributed by atoms with Crippen LogP contribution in [0.1, 0.15) is 22.4 Å². The van der Waals surface area contributed by atoms with Crippen molar-refractivity contribution < 1.29 is 22.7 Å². The van der Waals surface area contributed by atoms with E-state index in [1.54, 1.807) is 0 Å². The summed E-state index contributed by atoms with van der Waals surface area (Å²) in [7, 11) is 1.39. The molecule has 0 bridgehead atoms. The Morgan fingerprint density at radius 3 is 2.80 bits per heavy atom. The number of amides is 1. The number of fused-ring (bicyclic) bond motifs is 3. The second kappa shape index (κ2) is 4.22. The van der Waals surface area contributed by atoms with E-state index in [-0.39, 0.29) is 17.0 Å². The maximum absolute atomic E-state index is 13.2. The first-order valence-electron chi connectivity index (χ1n) is 6.12. The first kappa shape index (κ1) is 13.0. The second-order valence-electron chi connectivity index (χ2n) is 4.59. The van der Waals surface area contributed by atoms with Gasteiger partial charge >= 0.3 is 6.18 Å². The summed E-state index contributed by atoms with van der Waals surface area (Å²) in [6.07, 6.45) is -2.28. The SMILES string of the molecule is CNC(=O)C1=CCc2c3c(nc(C(F)(F)F)c21)OCC3. The number of pyridine rings is 1. The molecule has 0 saturated carbocycles. The normalized spacial score (nSPS) is 16.3. The number of hydrogen-bond donors (Lipinski definition) is 1. The van der Waals surface area contributed by atoms with Crippen LogP contribution in [0.15, 0.2) is 6.08 Å². The van der Waals surface area contributed by atoms with Gasteiger partial charge in [0.25, 0.3) is 5.91 Å². The zero-order valence-corrected chi connectivity index (χ0v) is 10.6. The van der Waals surface area contributed by atoms with Gasteiger partial charge in [0.2, 0.25) is 5.88 Å². The first-order chi connectivity index (χ1) is 9.43. The minimum Gasteiger partial charge on any atom is -0.477 e. The summed E-state index contributed by atoms with van der Waals surface area (Å²) in [6.45, 7) is 0.325. The van der Waals surface area contributed by atoms with E-state index in [9.17, 15) is 18.0 Å². The third kappa shape index (κ3) is 1.76. The molecule has 1 amide bonds. The lowest BCUT2D eigenvalue weighted by Gasteiger charge is -2.15. The molecule has 1 N–H and O–H groups in total. The molecule has 1 aromatic heterocycles. The highest BCUT2D eigenvalue weighted by Gasteiger charge is 2.42. The lowest BCUT2D eigenvalue weighted by Crippen LogP contribution is -2.21. The summed E-state index contributed by atoms with van der Waals surface area (Å²) in [5.41, 5.74) is 0.0974. The lowest BCUT2D eigenvalue weighted by atomic mass is 9.98. The van der Waals surface area contributed by atoms with Crippen molar-refractivity contribution in [3.63, 3.8) is 0 Å². The Labute approximate surface area is 112 Å². The highest BCUT2D eigenvalue weighted by atomic mass is 19.4. The van der Waals surface area contributed by atoms with Gasteiger partial charge in [0.15, 0.2) is 5.69 Å². The number of halogens is 3. The standard InChI is InChI=1S/C13H11F3N2O2/c1-17-11(19)8-3-2-6-7-4-5-20-12(7)18-10(9(6)8)13(14,15)16/h3H,2,4-5H2,1H3,(H,17,19). The zero-order valence-electron chi connectivity index (χ0n) is 10.6. The van der Waals surface area contributed by atoms with Gasteiger partial charge < -0.3 is 10.1 Å². The Kier molecular flexibility index (Phi) is 2.74. The lowest BCUT2D eigenvalue weighted by molar-refractivity contribution is -0.141. The van der Waals surface area contributed by atoms with Crippen LogP contribution in [0.5, 0.6) is 5.88 Å². The van der Waals surface area contributed by atoms with Crippen molar-refractivity contribution >= 4 is 11.5 Å². The molecule has 2 heterocycles.